The number of nitrogens with two attached hydrogens (primary N) is 1. The van der Waals surface area contributed by atoms with Gasteiger partial charge in [0, 0.05) is 25.9 Å². The Hall–Kier alpha value is -1.13. The van der Waals surface area contributed by atoms with Crippen LogP contribution in [0.4, 0.5) is 5.82 Å². The van der Waals surface area contributed by atoms with Crippen LogP contribution in [-0.2, 0) is 4.74 Å². The molecule has 16 heavy (non-hydrogen) atoms. The number of likely N-dealkylation sites (N-methyl/N-ethyl adjacent to an activating group) is 1. The molecule has 1 aromatic heterocycles. The standard InChI is InChI=1S/C12H19N3O/c1-9(13)10-3-4-12(14-7-10)15(2)11-5-6-16-8-11/h3-4,7,9,11H,5-6,8,13H2,1-2H3/t9-,11?/m0/s1. The van der Waals surface area contributed by atoms with Crippen molar-refractivity contribution in [3.8, 4) is 0 Å². The molecule has 2 rings (SSSR count). The van der Waals surface area contributed by atoms with Gasteiger partial charge in [0.05, 0.1) is 12.6 Å². The first-order chi connectivity index (χ1) is 7.68. The smallest absolute Gasteiger partial charge is 0.128 e. The van der Waals surface area contributed by atoms with Gasteiger partial charge in [-0.1, -0.05) is 6.07 Å². The van der Waals surface area contributed by atoms with E-state index in [0.29, 0.717) is 6.04 Å². The summed E-state index contributed by atoms with van der Waals surface area (Å²) in [6, 6.07) is 4.56. The van der Waals surface area contributed by atoms with Gasteiger partial charge in [-0.15, -0.1) is 0 Å². The molecule has 0 spiro atoms. The molecule has 0 aliphatic carbocycles. The van der Waals surface area contributed by atoms with Crippen molar-refractivity contribution >= 4 is 5.82 Å². The van der Waals surface area contributed by atoms with E-state index in [9.17, 15) is 0 Å². The van der Waals surface area contributed by atoms with E-state index in [1.165, 1.54) is 0 Å². The molecule has 88 valence electrons. The summed E-state index contributed by atoms with van der Waals surface area (Å²) in [5.74, 6) is 0.986. The van der Waals surface area contributed by atoms with Crippen LogP contribution in [0.25, 0.3) is 0 Å². The normalized spacial score (nSPS) is 22.1. The highest BCUT2D eigenvalue weighted by molar-refractivity contribution is 5.40. The van der Waals surface area contributed by atoms with E-state index in [0.717, 1.165) is 31.0 Å². The first-order valence-corrected chi connectivity index (χ1v) is 5.70. The third-order valence-corrected chi connectivity index (χ3v) is 3.11. The maximum absolute atomic E-state index is 5.79. The van der Waals surface area contributed by atoms with Gasteiger partial charge >= 0.3 is 0 Å². The van der Waals surface area contributed by atoms with Gasteiger partial charge in [-0.05, 0) is 25.0 Å². The molecular weight excluding hydrogens is 202 g/mol. The number of nitrogens with zero attached hydrogens (tertiary/aromatic N) is 2. The minimum Gasteiger partial charge on any atom is -0.379 e. The van der Waals surface area contributed by atoms with Crippen molar-refractivity contribution in [2.75, 3.05) is 25.2 Å². The Kier molecular flexibility index (Phi) is 3.41. The molecule has 0 bridgehead atoms. The molecule has 2 atom stereocenters. The van der Waals surface area contributed by atoms with E-state index in [4.69, 9.17) is 10.5 Å². The van der Waals surface area contributed by atoms with Crippen molar-refractivity contribution in [2.24, 2.45) is 5.73 Å². The first-order valence-electron chi connectivity index (χ1n) is 5.70. The number of hydrogen-bond donors (Lipinski definition) is 1. The van der Waals surface area contributed by atoms with Crippen LogP contribution in [-0.4, -0.2) is 31.3 Å². The molecule has 0 aromatic carbocycles. The van der Waals surface area contributed by atoms with Crippen LogP contribution < -0.4 is 10.6 Å². The summed E-state index contributed by atoms with van der Waals surface area (Å²) < 4.78 is 5.37. The highest BCUT2D eigenvalue weighted by atomic mass is 16.5. The maximum atomic E-state index is 5.79. The summed E-state index contributed by atoms with van der Waals surface area (Å²) in [5, 5.41) is 0. The third kappa shape index (κ3) is 2.33. The van der Waals surface area contributed by atoms with Crippen LogP contribution in [0, 0.1) is 0 Å². The minimum atomic E-state index is 0.0432. The number of aromatic nitrogens is 1. The number of ether oxygens (including phenoxy) is 1. The van der Waals surface area contributed by atoms with E-state index in [1.807, 2.05) is 25.3 Å². The van der Waals surface area contributed by atoms with Gasteiger partial charge in [0.15, 0.2) is 0 Å². The minimum absolute atomic E-state index is 0.0432. The lowest BCUT2D eigenvalue weighted by molar-refractivity contribution is 0.193. The lowest BCUT2D eigenvalue weighted by atomic mass is 10.1. The molecule has 4 nitrogen and oxygen atoms in total. The summed E-state index contributed by atoms with van der Waals surface area (Å²) in [7, 11) is 2.06. The van der Waals surface area contributed by atoms with Crippen LogP contribution in [0.5, 0.6) is 0 Å². The lowest BCUT2D eigenvalue weighted by Gasteiger charge is -2.24. The predicted molar refractivity (Wildman–Crippen MR) is 64.5 cm³/mol. The molecule has 1 aromatic rings. The van der Waals surface area contributed by atoms with Gasteiger partial charge in [-0.3, -0.25) is 0 Å². The summed E-state index contributed by atoms with van der Waals surface area (Å²) in [6.45, 7) is 3.62. The second-order valence-corrected chi connectivity index (χ2v) is 4.37. The molecule has 0 radical (unpaired) electrons. The highest BCUT2D eigenvalue weighted by Gasteiger charge is 2.21. The summed E-state index contributed by atoms with van der Waals surface area (Å²) in [5.41, 5.74) is 6.86. The highest BCUT2D eigenvalue weighted by Crippen LogP contribution is 2.19. The Morgan fingerprint density at radius 1 is 1.56 bits per heavy atom. The Morgan fingerprint density at radius 3 is 2.88 bits per heavy atom. The van der Waals surface area contributed by atoms with Gasteiger partial charge < -0.3 is 15.4 Å². The Morgan fingerprint density at radius 2 is 2.38 bits per heavy atom. The molecule has 2 N–H and O–H groups in total. The SMILES string of the molecule is C[C@H](N)c1ccc(N(C)C2CCOC2)nc1. The van der Waals surface area contributed by atoms with Gasteiger partial charge in [0.1, 0.15) is 5.82 Å². The maximum Gasteiger partial charge on any atom is 0.128 e. The quantitative estimate of drug-likeness (QED) is 0.836. The van der Waals surface area contributed by atoms with Crippen molar-refractivity contribution in [2.45, 2.75) is 25.4 Å². The zero-order valence-electron chi connectivity index (χ0n) is 9.89. The van der Waals surface area contributed by atoms with Gasteiger partial charge in [-0.25, -0.2) is 4.98 Å². The van der Waals surface area contributed by atoms with Crippen LogP contribution in [0.2, 0.25) is 0 Å². The number of anilines is 1. The van der Waals surface area contributed by atoms with Crippen molar-refractivity contribution in [1.82, 2.24) is 4.98 Å². The van der Waals surface area contributed by atoms with Crippen LogP contribution in [0.15, 0.2) is 18.3 Å². The third-order valence-electron chi connectivity index (χ3n) is 3.11. The fraction of sp³-hybridized carbons (Fsp3) is 0.583. The van der Waals surface area contributed by atoms with E-state index in [-0.39, 0.29) is 6.04 Å². The Bertz CT molecular complexity index is 331. The number of hydrogen-bond acceptors (Lipinski definition) is 4. The topological polar surface area (TPSA) is 51.4 Å². The lowest BCUT2D eigenvalue weighted by Crippen LogP contribution is -2.32. The summed E-state index contributed by atoms with van der Waals surface area (Å²) >= 11 is 0. The summed E-state index contributed by atoms with van der Waals surface area (Å²) in [4.78, 5) is 6.61. The van der Waals surface area contributed by atoms with Gasteiger partial charge in [0.2, 0.25) is 0 Å². The molecule has 1 aliphatic rings. The Balaban J connectivity index is 2.08. The molecule has 2 heterocycles. The molecular formula is C12H19N3O. The van der Waals surface area contributed by atoms with Crippen molar-refractivity contribution in [3.63, 3.8) is 0 Å². The summed E-state index contributed by atoms with van der Waals surface area (Å²) in [6.07, 6.45) is 2.93. The van der Waals surface area contributed by atoms with E-state index >= 15 is 0 Å². The fourth-order valence-electron chi connectivity index (χ4n) is 1.89. The molecule has 1 aliphatic heterocycles. The number of rotatable bonds is 3. The largest absolute Gasteiger partial charge is 0.379 e. The van der Waals surface area contributed by atoms with Crippen molar-refractivity contribution in [3.05, 3.63) is 23.9 Å². The molecule has 1 fully saturated rings. The van der Waals surface area contributed by atoms with E-state index in [1.54, 1.807) is 0 Å². The van der Waals surface area contributed by atoms with Crippen molar-refractivity contribution < 1.29 is 4.74 Å². The van der Waals surface area contributed by atoms with E-state index < -0.39 is 0 Å². The molecule has 4 heteroatoms. The zero-order chi connectivity index (χ0) is 11.5. The average molecular weight is 221 g/mol. The van der Waals surface area contributed by atoms with Crippen LogP contribution >= 0.6 is 0 Å². The first kappa shape index (κ1) is 11.4. The van der Waals surface area contributed by atoms with Crippen molar-refractivity contribution in [1.29, 1.82) is 0 Å². The Labute approximate surface area is 96.4 Å². The predicted octanol–water partition coefficient (Wildman–Crippen LogP) is 1.33. The monoisotopic (exact) mass is 221 g/mol. The molecule has 0 amide bonds. The van der Waals surface area contributed by atoms with Crippen LogP contribution in [0.3, 0.4) is 0 Å². The second-order valence-electron chi connectivity index (χ2n) is 4.37. The zero-order valence-corrected chi connectivity index (χ0v) is 9.89. The number of pyridine rings is 1. The molecule has 1 unspecified atom stereocenters. The molecule has 0 saturated carbocycles. The molecule has 1 saturated heterocycles. The van der Waals surface area contributed by atoms with Gasteiger partial charge in [-0.2, -0.15) is 0 Å². The van der Waals surface area contributed by atoms with Crippen LogP contribution in [0.1, 0.15) is 24.9 Å². The van der Waals surface area contributed by atoms with Gasteiger partial charge in [0.25, 0.3) is 0 Å². The van der Waals surface area contributed by atoms with E-state index in [2.05, 4.69) is 16.9 Å². The average Bonchev–Trinajstić information content (AvgIpc) is 2.81. The second kappa shape index (κ2) is 4.80. The fourth-order valence-corrected chi connectivity index (χ4v) is 1.89.